The standard InChI is InChI=1S/C21H25N3O2S/c1-15(20(25)22-18-8-7-16-4-2-5-17(16)14-18)23-9-11-24(12-10-23)21(26)19-6-3-13-27-19/h3,6-8,13-15H,2,4-5,9-12H2,1H3,(H,22,25). The van der Waals surface area contributed by atoms with E-state index in [-0.39, 0.29) is 17.9 Å². The molecule has 1 saturated heterocycles. The summed E-state index contributed by atoms with van der Waals surface area (Å²) in [4.78, 5) is 29.9. The van der Waals surface area contributed by atoms with Gasteiger partial charge in [0.15, 0.2) is 0 Å². The Morgan fingerprint density at radius 1 is 1.07 bits per heavy atom. The minimum atomic E-state index is -0.211. The maximum absolute atomic E-state index is 12.7. The normalized spacial score (nSPS) is 18.2. The molecule has 2 heterocycles. The van der Waals surface area contributed by atoms with Crippen LogP contribution in [0.25, 0.3) is 0 Å². The van der Waals surface area contributed by atoms with Gasteiger partial charge in [-0.25, -0.2) is 0 Å². The monoisotopic (exact) mass is 383 g/mol. The Morgan fingerprint density at radius 2 is 1.85 bits per heavy atom. The van der Waals surface area contributed by atoms with Gasteiger partial charge in [-0.1, -0.05) is 12.1 Å². The number of hydrogen-bond acceptors (Lipinski definition) is 4. The average molecular weight is 384 g/mol. The molecule has 1 fully saturated rings. The number of piperazine rings is 1. The Bertz CT molecular complexity index is 826. The highest BCUT2D eigenvalue weighted by molar-refractivity contribution is 7.12. The summed E-state index contributed by atoms with van der Waals surface area (Å²) in [6.45, 7) is 4.70. The Morgan fingerprint density at radius 3 is 2.59 bits per heavy atom. The molecule has 1 aliphatic carbocycles. The van der Waals surface area contributed by atoms with Crippen molar-refractivity contribution in [3.63, 3.8) is 0 Å². The second-order valence-corrected chi connectivity index (χ2v) is 8.26. The minimum absolute atomic E-state index is 0.0194. The minimum Gasteiger partial charge on any atom is -0.335 e. The number of rotatable bonds is 4. The van der Waals surface area contributed by atoms with Gasteiger partial charge >= 0.3 is 0 Å². The van der Waals surface area contributed by atoms with Crippen LogP contribution in [0.3, 0.4) is 0 Å². The lowest BCUT2D eigenvalue weighted by Gasteiger charge is -2.37. The summed E-state index contributed by atoms with van der Waals surface area (Å²) in [6.07, 6.45) is 3.46. The highest BCUT2D eigenvalue weighted by Gasteiger charge is 2.28. The zero-order valence-corrected chi connectivity index (χ0v) is 16.4. The summed E-state index contributed by atoms with van der Waals surface area (Å²) < 4.78 is 0. The van der Waals surface area contributed by atoms with Gasteiger partial charge in [-0.3, -0.25) is 14.5 Å². The molecular formula is C21H25N3O2S. The van der Waals surface area contributed by atoms with E-state index < -0.39 is 0 Å². The van der Waals surface area contributed by atoms with Crippen LogP contribution < -0.4 is 5.32 Å². The van der Waals surface area contributed by atoms with Gasteiger partial charge in [0.25, 0.3) is 5.91 Å². The number of carbonyl (C=O) groups excluding carboxylic acids is 2. The van der Waals surface area contributed by atoms with Crippen LogP contribution in [0, 0.1) is 0 Å². The number of aryl methyl sites for hydroxylation is 2. The predicted molar refractivity (Wildman–Crippen MR) is 108 cm³/mol. The van der Waals surface area contributed by atoms with Crippen LogP contribution in [0.15, 0.2) is 35.7 Å². The van der Waals surface area contributed by atoms with Crippen LogP contribution in [0.5, 0.6) is 0 Å². The second kappa shape index (κ2) is 7.82. The number of benzene rings is 1. The van der Waals surface area contributed by atoms with E-state index in [0.29, 0.717) is 13.1 Å². The number of fused-ring (bicyclic) bond motifs is 1. The summed E-state index contributed by atoms with van der Waals surface area (Å²) in [6, 6.07) is 9.82. The number of anilines is 1. The number of nitrogens with zero attached hydrogens (tertiary/aromatic N) is 2. The van der Waals surface area contributed by atoms with E-state index in [1.807, 2.05) is 35.4 Å². The quantitative estimate of drug-likeness (QED) is 0.883. The van der Waals surface area contributed by atoms with Crippen molar-refractivity contribution >= 4 is 28.8 Å². The van der Waals surface area contributed by atoms with Gasteiger partial charge in [0.2, 0.25) is 5.91 Å². The lowest BCUT2D eigenvalue weighted by Crippen LogP contribution is -2.53. The molecule has 2 aromatic rings. The van der Waals surface area contributed by atoms with Crippen LogP contribution in [0.1, 0.15) is 34.1 Å². The largest absolute Gasteiger partial charge is 0.335 e. The van der Waals surface area contributed by atoms with Crippen LogP contribution in [0.4, 0.5) is 5.69 Å². The predicted octanol–water partition coefficient (Wildman–Crippen LogP) is 3.02. The van der Waals surface area contributed by atoms with Gasteiger partial charge in [0.1, 0.15) is 0 Å². The number of nitrogens with one attached hydrogen (secondary N) is 1. The molecule has 4 rings (SSSR count). The summed E-state index contributed by atoms with van der Waals surface area (Å²) in [7, 11) is 0. The molecule has 27 heavy (non-hydrogen) atoms. The molecule has 0 bridgehead atoms. The third-order valence-corrected chi connectivity index (χ3v) is 6.48. The number of thiophene rings is 1. The first kappa shape index (κ1) is 18.2. The highest BCUT2D eigenvalue weighted by atomic mass is 32.1. The van der Waals surface area contributed by atoms with Crippen molar-refractivity contribution in [2.45, 2.75) is 32.2 Å². The van der Waals surface area contributed by atoms with E-state index in [0.717, 1.165) is 36.5 Å². The van der Waals surface area contributed by atoms with Crippen molar-refractivity contribution in [2.24, 2.45) is 0 Å². The Labute approximate surface area is 164 Å². The summed E-state index contributed by atoms with van der Waals surface area (Å²) >= 11 is 1.48. The van der Waals surface area contributed by atoms with Crippen LogP contribution in [-0.4, -0.2) is 53.8 Å². The zero-order valence-electron chi connectivity index (χ0n) is 15.6. The Hall–Kier alpha value is -2.18. The van der Waals surface area contributed by atoms with E-state index in [1.54, 1.807) is 0 Å². The topological polar surface area (TPSA) is 52.7 Å². The van der Waals surface area contributed by atoms with Crippen LogP contribution in [-0.2, 0) is 17.6 Å². The van der Waals surface area contributed by atoms with Crippen LogP contribution >= 0.6 is 11.3 Å². The molecule has 1 aliphatic heterocycles. The fourth-order valence-electron chi connectivity index (χ4n) is 3.93. The van der Waals surface area contributed by atoms with E-state index >= 15 is 0 Å². The number of hydrogen-bond donors (Lipinski definition) is 1. The molecule has 0 saturated carbocycles. The first-order valence-electron chi connectivity index (χ1n) is 9.61. The number of carbonyl (C=O) groups is 2. The van der Waals surface area contributed by atoms with E-state index in [2.05, 4.69) is 22.3 Å². The smallest absolute Gasteiger partial charge is 0.264 e. The van der Waals surface area contributed by atoms with Gasteiger partial charge in [-0.15, -0.1) is 11.3 Å². The van der Waals surface area contributed by atoms with Crippen molar-refractivity contribution in [3.05, 3.63) is 51.7 Å². The molecular weight excluding hydrogens is 358 g/mol. The molecule has 6 heteroatoms. The molecule has 1 N–H and O–H groups in total. The summed E-state index contributed by atoms with van der Waals surface area (Å²) in [5.41, 5.74) is 3.66. The maximum atomic E-state index is 12.7. The van der Waals surface area contributed by atoms with Gasteiger partial charge < -0.3 is 10.2 Å². The van der Waals surface area contributed by atoms with Crippen molar-refractivity contribution in [2.75, 3.05) is 31.5 Å². The fraction of sp³-hybridized carbons (Fsp3) is 0.429. The highest BCUT2D eigenvalue weighted by Crippen LogP contribution is 2.25. The zero-order chi connectivity index (χ0) is 18.8. The van der Waals surface area contributed by atoms with Gasteiger partial charge in [0, 0.05) is 31.9 Å². The molecule has 2 amide bonds. The van der Waals surface area contributed by atoms with Crippen molar-refractivity contribution in [1.82, 2.24) is 9.80 Å². The molecule has 0 spiro atoms. The lowest BCUT2D eigenvalue weighted by molar-refractivity contribution is -0.121. The Kier molecular flexibility index (Phi) is 5.27. The average Bonchev–Trinajstić information content (AvgIpc) is 3.38. The van der Waals surface area contributed by atoms with Crippen LogP contribution in [0.2, 0.25) is 0 Å². The summed E-state index contributed by atoms with van der Waals surface area (Å²) in [5.74, 6) is 0.117. The summed E-state index contributed by atoms with van der Waals surface area (Å²) in [5, 5.41) is 4.99. The lowest BCUT2D eigenvalue weighted by atomic mass is 10.1. The Balaban J connectivity index is 1.31. The molecule has 2 aliphatic rings. The molecule has 5 nitrogen and oxygen atoms in total. The second-order valence-electron chi connectivity index (χ2n) is 7.31. The van der Waals surface area contributed by atoms with Gasteiger partial charge in [-0.05, 0) is 60.9 Å². The van der Waals surface area contributed by atoms with Crippen molar-refractivity contribution in [3.8, 4) is 0 Å². The van der Waals surface area contributed by atoms with Crippen molar-refractivity contribution < 1.29 is 9.59 Å². The molecule has 142 valence electrons. The van der Waals surface area contributed by atoms with Crippen molar-refractivity contribution in [1.29, 1.82) is 0 Å². The fourth-order valence-corrected chi connectivity index (χ4v) is 4.62. The first-order valence-corrected chi connectivity index (χ1v) is 10.5. The third kappa shape index (κ3) is 3.92. The molecule has 0 radical (unpaired) electrons. The molecule has 1 aromatic carbocycles. The van der Waals surface area contributed by atoms with E-state index in [4.69, 9.17) is 0 Å². The molecule has 1 atom stereocenters. The van der Waals surface area contributed by atoms with Gasteiger partial charge in [0.05, 0.1) is 10.9 Å². The molecule has 1 unspecified atom stereocenters. The van der Waals surface area contributed by atoms with E-state index in [1.165, 1.54) is 28.9 Å². The number of amides is 2. The van der Waals surface area contributed by atoms with E-state index in [9.17, 15) is 9.59 Å². The first-order chi connectivity index (χ1) is 13.1. The van der Waals surface area contributed by atoms with Gasteiger partial charge in [-0.2, -0.15) is 0 Å². The molecule has 1 aromatic heterocycles. The third-order valence-electron chi connectivity index (χ3n) is 5.63. The SMILES string of the molecule is CC(C(=O)Nc1ccc2c(c1)CCC2)N1CCN(C(=O)c2cccs2)CC1. The maximum Gasteiger partial charge on any atom is 0.264 e.